The minimum absolute atomic E-state index is 0.164. The summed E-state index contributed by atoms with van der Waals surface area (Å²) in [7, 11) is 4.95. The van der Waals surface area contributed by atoms with E-state index in [-0.39, 0.29) is 16.3 Å². The van der Waals surface area contributed by atoms with Crippen LogP contribution in [0.1, 0.15) is 10.4 Å². The summed E-state index contributed by atoms with van der Waals surface area (Å²) in [6.07, 6.45) is 0. The summed E-state index contributed by atoms with van der Waals surface area (Å²) in [4.78, 5) is 36.7. The fourth-order valence-electron chi connectivity index (χ4n) is 1.52. The molecule has 8 heteroatoms. The van der Waals surface area contributed by atoms with Crippen LogP contribution in [0.25, 0.3) is 0 Å². The number of amides is 2. The zero-order valence-corrected chi connectivity index (χ0v) is 13.4. The summed E-state index contributed by atoms with van der Waals surface area (Å²) < 4.78 is 4.58. The summed E-state index contributed by atoms with van der Waals surface area (Å²) >= 11 is 5.93. The first-order valence-electron chi connectivity index (χ1n) is 6.47. The molecule has 1 aromatic carbocycles. The van der Waals surface area contributed by atoms with E-state index in [1.165, 1.54) is 25.3 Å². The van der Waals surface area contributed by atoms with Gasteiger partial charge in [-0.3, -0.25) is 9.59 Å². The highest BCUT2D eigenvalue weighted by molar-refractivity contribution is 6.41. The molecule has 0 aromatic heterocycles. The van der Waals surface area contributed by atoms with Crippen molar-refractivity contribution in [3.05, 3.63) is 28.8 Å². The predicted molar refractivity (Wildman–Crippen MR) is 83.0 cm³/mol. The third-order valence-electron chi connectivity index (χ3n) is 2.69. The highest BCUT2D eigenvalue weighted by atomic mass is 35.5. The van der Waals surface area contributed by atoms with Gasteiger partial charge in [0.2, 0.25) is 0 Å². The summed E-state index contributed by atoms with van der Waals surface area (Å²) in [6, 6.07) is 4.24. The molecule has 0 unspecified atom stereocenters. The molecule has 0 heterocycles. The van der Waals surface area contributed by atoms with Gasteiger partial charge in [-0.1, -0.05) is 11.6 Å². The number of hydrogen-bond donors (Lipinski definition) is 2. The molecule has 0 aliphatic rings. The maximum atomic E-state index is 11.8. The Labute approximate surface area is 133 Å². The van der Waals surface area contributed by atoms with Crippen molar-refractivity contribution < 1.29 is 19.1 Å². The fourth-order valence-corrected chi connectivity index (χ4v) is 1.68. The van der Waals surface area contributed by atoms with Gasteiger partial charge in [-0.15, -0.1) is 0 Å². The Balaban J connectivity index is 2.71. The highest BCUT2D eigenvalue weighted by Crippen LogP contribution is 2.23. The van der Waals surface area contributed by atoms with Gasteiger partial charge in [0, 0.05) is 13.1 Å². The monoisotopic (exact) mass is 327 g/mol. The minimum atomic E-state index is -0.859. The van der Waals surface area contributed by atoms with Crippen molar-refractivity contribution in [2.45, 2.75) is 0 Å². The first-order chi connectivity index (χ1) is 10.3. The van der Waals surface area contributed by atoms with Crippen molar-refractivity contribution >= 4 is 35.1 Å². The lowest BCUT2D eigenvalue weighted by Gasteiger charge is -2.11. The molecule has 120 valence electrons. The van der Waals surface area contributed by atoms with Crippen LogP contribution in [0.4, 0.5) is 5.69 Å². The van der Waals surface area contributed by atoms with Crippen LogP contribution in [-0.2, 0) is 14.3 Å². The van der Waals surface area contributed by atoms with Gasteiger partial charge in [-0.05, 0) is 32.3 Å². The normalized spacial score (nSPS) is 10.2. The van der Waals surface area contributed by atoms with Crippen molar-refractivity contribution in [2.75, 3.05) is 39.6 Å². The molecule has 2 N–H and O–H groups in total. The molecule has 22 heavy (non-hydrogen) atoms. The van der Waals surface area contributed by atoms with E-state index in [0.29, 0.717) is 13.1 Å². The predicted octanol–water partition coefficient (Wildman–Crippen LogP) is 0.743. The molecular weight excluding hydrogens is 310 g/mol. The van der Waals surface area contributed by atoms with Gasteiger partial charge < -0.3 is 20.3 Å². The standard InChI is InChI=1S/C14H18ClN3O4/c1-18(2)7-6-16-12(19)13(20)17-11-8-9(14(21)22-3)4-5-10(11)15/h4-5,8H,6-7H2,1-3H3,(H,16,19)(H,17,20). The van der Waals surface area contributed by atoms with Crippen LogP contribution < -0.4 is 10.6 Å². The Morgan fingerprint density at radius 2 is 1.91 bits per heavy atom. The molecule has 0 saturated heterocycles. The number of nitrogens with one attached hydrogen (secondary N) is 2. The molecule has 0 atom stereocenters. The third kappa shape index (κ3) is 5.34. The van der Waals surface area contributed by atoms with E-state index in [0.717, 1.165) is 0 Å². The average Bonchev–Trinajstić information content (AvgIpc) is 2.48. The van der Waals surface area contributed by atoms with Gasteiger partial charge in [-0.2, -0.15) is 0 Å². The number of carbonyl (C=O) groups is 3. The number of rotatable bonds is 5. The number of anilines is 1. The summed E-state index contributed by atoms with van der Waals surface area (Å²) in [6.45, 7) is 0.951. The lowest BCUT2D eigenvalue weighted by molar-refractivity contribution is -0.136. The van der Waals surface area contributed by atoms with E-state index in [9.17, 15) is 14.4 Å². The molecule has 0 saturated carbocycles. The van der Waals surface area contributed by atoms with Gasteiger partial charge >= 0.3 is 17.8 Å². The lowest BCUT2D eigenvalue weighted by atomic mass is 10.2. The topological polar surface area (TPSA) is 87.7 Å². The van der Waals surface area contributed by atoms with Crippen LogP contribution in [0, 0.1) is 0 Å². The molecule has 0 fully saturated rings. The fraction of sp³-hybridized carbons (Fsp3) is 0.357. The Bertz CT molecular complexity index is 575. The Morgan fingerprint density at radius 3 is 2.50 bits per heavy atom. The first kappa shape index (κ1) is 17.9. The largest absolute Gasteiger partial charge is 0.465 e. The molecule has 1 aromatic rings. The number of halogens is 1. The van der Waals surface area contributed by atoms with E-state index in [1.54, 1.807) is 0 Å². The third-order valence-corrected chi connectivity index (χ3v) is 3.02. The quantitative estimate of drug-likeness (QED) is 0.615. The molecule has 0 aliphatic carbocycles. The molecule has 2 amide bonds. The zero-order chi connectivity index (χ0) is 16.7. The maximum absolute atomic E-state index is 11.8. The van der Waals surface area contributed by atoms with Crippen molar-refractivity contribution in [2.24, 2.45) is 0 Å². The van der Waals surface area contributed by atoms with E-state index < -0.39 is 17.8 Å². The first-order valence-corrected chi connectivity index (χ1v) is 6.84. The van der Waals surface area contributed by atoms with Crippen LogP contribution in [0.2, 0.25) is 5.02 Å². The second-order valence-electron chi connectivity index (χ2n) is 4.70. The molecule has 1 rings (SSSR count). The van der Waals surface area contributed by atoms with Crippen LogP contribution in [0.3, 0.4) is 0 Å². The van der Waals surface area contributed by atoms with Gasteiger partial charge in [0.15, 0.2) is 0 Å². The van der Waals surface area contributed by atoms with E-state index in [2.05, 4.69) is 15.4 Å². The zero-order valence-electron chi connectivity index (χ0n) is 12.6. The highest BCUT2D eigenvalue weighted by Gasteiger charge is 2.16. The number of ether oxygens (including phenoxy) is 1. The number of esters is 1. The summed E-state index contributed by atoms with van der Waals surface area (Å²) in [5, 5.41) is 5.05. The van der Waals surface area contributed by atoms with Crippen molar-refractivity contribution in [1.29, 1.82) is 0 Å². The second-order valence-corrected chi connectivity index (χ2v) is 5.11. The van der Waals surface area contributed by atoms with Gasteiger partial charge in [-0.25, -0.2) is 4.79 Å². The molecule has 0 aliphatic heterocycles. The summed E-state index contributed by atoms with van der Waals surface area (Å²) in [5.74, 6) is -2.20. The van der Waals surface area contributed by atoms with Crippen molar-refractivity contribution in [1.82, 2.24) is 10.2 Å². The molecular formula is C14H18ClN3O4. The molecule has 0 radical (unpaired) electrons. The average molecular weight is 328 g/mol. The Kier molecular flexibility index (Phi) is 6.81. The number of carbonyl (C=O) groups excluding carboxylic acids is 3. The van der Waals surface area contributed by atoms with Crippen LogP contribution in [0.5, 0.6) is 0 Å². The maximum Gasteiger partial charge on any atom is 0.337 e. The van der Waals surface area contributed by atoms with Gasteiger partial charge in [0.25, 0.3) is 0 Å². The summed E-state index contributed by atoms with van der Waals surface area (Å²) in [5.41, 5.74) is 0.382. The molecule has 7 nitrogen and oxygen atoms in total. The lowest BCUT2D eigenvalue weighted by Crippen LogP contribution is -2.38. The van der Waals surface area contributed by atoms with Gasteiger partial charge in [0.1, 0.15) is 0 Å². The van der Waals surface area contributed by atoms with Crippen LogP contribution in [0.15, 0.2) is 18.2 Å². The van der Waals surface area contributed by atoms with E-state index in [4.69, 9.17) is 11.6 Å². The van der Waals surface area contributed by atoms with E-state index >= 15 is 0 Å². The Hall–Kier alpha value is -2.12. The number of nitrogens with zero attached hydrogens (tertiary/aromatic N) is 1. The SMILES string of the molecule is COC(=O)c1ccc(Cl)c(NC(=O)C(=O)NCCN(C)C)c1. The number of hydrogen-bond acceptors (Lipinski definition) is 5. The number of methoxy groups -OCH3 is 1. The van der Waals surface area contributed by atoms with Crippen LogP contribution in [-0.4, -0.2) is 57.0 Å². The number of likely N-dealkylation sites (N-methyl/N-ethyl adjacent to an activating group) is 1. The second kappa shape index (κ2) is 8.35. The van der Waals surface area contributed by atoms with Gasteiger partial charge in [0.05, 0.1) is 23.4 Å². The van der Waals surface area contributed by atoms with Crippen molar-refractivity contribution in [3.63, 3.8) is 0 Å². The number of benzene rings is 1. The molecule has 0 bridgehead atoms. The van der Waals surface area contributed by atoms with Crippen molar-refractivity contribution in [3.8, 4) is 0 Å². The van der Waals surface area contributed by atoms with E-state index in [1.807, 2.05) is 19.0 Å². The smallest absolute Gasteiger partial charge is 0.337 e. The Morgan fingerprint density at radius 1 is 1.23 bits per heavy atom. The molecule has 0 spiro atoms. The minimum Gasteiger partial charge on any atom is -0.465 e. The van der Waals surface area contributed by atoms with Crippen LogP contribution >= 0.6 is 11.6 Å².